The number of carbonyl (C=O) groups excluding carboxylic acids is 1. The van der Waals surface area contributed by atoms with Crippen molar-refractivity contribution >= 4 is 16.9 Å². The third kappa shape index (κ3) is 4.45. The Labute approximate surface area is 170 Å². The molecule has 160 valence electrons. The van der Waals surface area contributed by atoms with Gasteiger partial charge in [0, 0.05) is 30.7 Å². The number of amides is 1. The summed E-state index contributed by atoms with van der Waals surface area (Å²) in [5, 5.41) is 2.98. The van der Waals surface area contributed by atoms with Gasteiger partial charge in [0.15, 0.2) is 5.69 Å². The van der Waals surface area contributed by atoms with Gasteiger partial charge < -0.3 is 10.3 Å². The van der Waals surface area contributed by atoms with Crippen LogP contribution in [0.4, 0.5) is 13.2 Å². The molecule has 0 aromatic carbocycles. The molecule has 4 rings (SSSR count). The number of nitrogens with zero attached hydrogens (tertiary/aromatic N) is 5. The van der Waals surface area contributed by atoms with Gasteiger partial charge in [0.1, 0.15) is 6.33 Å². The van der Waals surface area contributed by atoms with Gasteiger partial charge in [-0.25, -0.2) is 15.0 Å². The molecule has 1 saturated carbocycles. The number of carbonyl (C=O) groups is 1. The highest BCUT2D eigenvalue weighted by atomic mass is 19.4. The molecule has 0 aliphatic heterocycles. The lowest BCUT2D eigenvalue weighted by atomic mass is 9.90. The Morgan fingerprint density at radius 1 is 1.30 bits per heavy atom. The van der Waals surface area contributed by atoms with E-state index in [9.17, 15) is 18.0 Å². The fourth-order valence-electron chi connectivity index (χ4n) is 3.92. The maximum atomic E-state index is 12.9. The molecule has 0 atom stereocenters. The van der Waals surface area contributed by atoms with E-state index in [1.54, 1.807) is 35.6 Å². The third-order valence-corrected chi connectivity index (χ3v) is 5.43. The van der Waals surface area contributed by atoms with E-state index in [2.05, 4.69) is 25.3 Å². The Balaban J connectivity index is 1.44. The zero-order valence-electron chi connectivity index (χ0n) is 16.4. The van der Waals surface area contributed by atoms with Crippen LogP contribution < -0.4 is 5.32 Å². The highest BCUT2D eigenvalue weighted by Gasteiger charge is 2.34. The number of halogens is 3. The normalized spacial score (nSPS) is 20.0. The summed E-state index contributed by atoms with van der Waals surface area (Å²) in [7, 11) is 1.50. The molecule has 1 aliphatic rings. The quantitative estimate of drug-likeness (QED) is 0.661. The molecule has 0 bridgehead atoms. The molecule has 0 saturated heterocycles. The number of H-pyrrole nitrogens is 1. The fourth-order valence-corrected chi connectivity index (χ4v) is 3.92. The summed E-state index contributed by atoms with van der Waals surface area (Å²) >= 11 is 0. The number of alkyl halides is 3. The first-order valence-corrected chi connectivity index (χ1v) is 9.71. The van der Waals surface area contributed by atoms with Gasteiger partial charge in [-0.3, -0.25) is 14.3 Å². The first kappa shape index (κ1) is 20.3. The van der Waals surface area contributed by atoms with E-state index in [1.165, 1.54) is 11.9 Å². The minimum absolute atomic E-state index is 0.107. The second-order valence-corrected chi connectivity index (χ2v) is 7.59. The highest BCUT2D eigenvalue weighted by molar-refractivity contribution is 6.03. The summed E-state index contributed by atoms with van der Waals surface area (Å²) in [6.07, 6.45) is 4.74. The molecule has 11 heteroatoms. The van der Waals surface area contributed by atoms with E-state index >= 15 is 0 Å². The predicted molar refractivity (Wildman–Crippen MR) is 103 cm³/mol. The number of rotatable bonds is 5. The van der Waals surface area contributed by atoms with Gasteiger partial charge in [-0.1, -0.05) is 0 Å². The average Bonchev–Trinajstić information content (AvgIpc) is 3.38. The smallest absolute Gasteiger partial charge is 0.358 e. The van der Waals surface area contributed by atoms with Gasteiger partial charge >= 0.3 is 6.18 Å². The van der Waals surface area contributed by atoms with Crippen molar-refractivity contribution in [2.24, 2.45) is 0 Å². The van der Waals surface area contributed by atoms with E-state index in [0.29, 0.717) is 42.7 Å². The van der Waals surface area contributed by atoms with Gasteiger partial charge in [0.05, 0.1) is 17.6 Å². The van der Waals surface area contributed by atoms with Gasteiger partial charge in [-0.2, -0.15) is 13.2 Å². The first-order valence-electron chi connectivity index (χ1n) is 9.71. The van der Waals surface area contributed by atoms with Gasteiger partial charge in [-0.05, 0) is 38.8 Å². The molecule has 0 unspecified atom stereocenters. The number of aromatic nitrogens is 5. The number of hydrogen-bond donors (Lipinski definition) is 2. The molecule has 1 fully saturated rings. The van der Waals surface area contributed by atoms with Gasteiger partial charge in [0.2, 0.25) is 5.95 Å². The monoisotopic (exact) mass is 421 g/mol. The Morgan fingerprint density at radius 2 is 2.07 bits per heavy atom. The second-order valence-electron chi connectivity index (χ2n) is 7.59. The van der Waals surface area contributed by atoms with Crippen molar-refractivity contribution in [3.63, 3.8) is 0 Å². The Morgan fingerprint density at radius 3 is 2.73 bits per heavy atom. The van der Waals surface area contributed by atoms with E-state index in [-0.39, 0.29) is 23.7 Å². The molecule has 2 N–H and O–H groups in total. The molecule has 30 heavy (non-hydrogen) atoms. The number of nitrogens with one attached hydrogen (secondary N) is 2. The second kappa shape index (κ2) is 8.05. The zero-order chi connectivity index (χ0) is 21.3. The summed E-state index contributed by atoms with van der Waals surface area (Å²) in [5.41, 5.74) is 1.37. The van der Waals surface area contributed by atoms with Crippen molar-refractivity contribution in [1.82, 2.24) is 34.7 Å². The SMILES string of the molecule is CN(CC(F)(F)F)[C@H]1CC[C@H](NC(=O)c2nc(-n3ccnc3)nc3cc[nH]c23)CC1. The minimum Gasteiger partial charge on any atom is -0.358 e. The minimum atomic E-state index is -4.21. The van der Waals surface area contributed by atoms with Gasteiger partial charge in [0.25, 0.3) is 5.91 Å². The van der Waals surface area contributed by atoms with Crippen LogP contribution in [-0.2, 0) is 0 Å². The summed E-state index contributed by atoms with van der Waals surface area (Å²) in [4.78, 5) is 30.1. The number of imidazole rings is 1. The zero-order valence-corrected chi connectivity index (χ0v) is 16.4. The van der Waals surface area contributed by atoms with E-state index in [4.69, 9.17) is 0 Å². The van der Waals surface area contributed by atoms with Crippen molar-refractivity contribution < 1.29 is 18.0 Å². The van der Waals surface area contributed by atoms with Crippen LogP contribution in [0.5, 0.6) is 0 Å². The molecule has 3 aromatic rings. The lowest BCUT2D eigenvalue weighted by molar-refractivity contribution is -0.148. The van der Waals surface area contributed by atoms with Crippen LogP contribution >= 0.6 is 0 Å². The van der Waals surface area contributed by atoms with Crippen molar-refractivity contribution in [2.75, 3.05) is 13.6 Å². The number of aromatic amines is 1. The van der Waals surface area contributed by atoms with E-state index in [0.717, 1.165) is 0 Å². The Bertz CT molecular complexity index is 1010. The van der Waals surface area contributed by atoms with Crippen LogP contribution in [0.2, 0.25) is 0 Å². The molecule has 3 aromatic heterocycles. The maximum absolute atomic E-state index is 12.9. The van der Waals surface area contributed by atoms with Crippen molar-refractivity contribution in [3.05, 3.63) is 36.7 Å². The first-order chi connectivity index (χ1) is 14.3. The lowest BCUT2D eigenvalue weighted by Crippen LogP contribution is -2.45. The van der Waals surface area contributed by atoms with Crippen LogP contribution in [0.15, 0.2) is 31.0 Å². The van der Waals surface area contributed by atoms with Crippen LogP contribution in [-0.4, -0.2) is 67.2 Å². The Kier molecular flexibility index (Phi) is 5.46. The Hall–Kier alpha value is -2.95. The number of hydrogen-bond acceptors (Lipinski definition) is 5. The largest absolute Gasteiger partial charge is 0.401 e. The van der Waals surface area contributed by atoms with Crippen LogP contribution in [0, 0.1) is 0 Å². The van der Waals surface area contributed by atoms with Gasteiger partial charge in [-0.15, -0.1) is 0 Å². The van der Waals surface area contributed by atoms with Crippen LogP contribution in [0.25, 0.3) is 17.0 Å². The summed E-state index contributed by atoms with van der Waals surface area (Å²) in [6, 6.07) is 1.52. The van der Waals surface area contributed by atoms with E-state index in [1.807, 2.05) is 0 Å². The van der Waals surface area contributed by atoms with E-state index < -0.39 is 12.7 Å². The maximum Gasteiger partial charge on any atom is 0.401 e. The van der Waals surface area contributed by atoms with Crippen LogP contribution in [0.1, 0.15) is 36.2 Å². The predicted octanol–water partition coefficient (Wildman–Crippen LogP) is 2.68. The fraction of sp³-hybridized carbons (Fsp3) is 0.474. The molecular formula is C19H22F3N7O. The molecule has 0 spiro atoms. The number of fused-ring (bicyclic) bond motifs is 1. The van der Waals surface area contributed by atoms with Crippen molar-refractivity contribution in [3.8, 4) is 5.95 Å². The van der Waals surface area contributed by atoms with Crippen molar-refractivity contribution in [1.29, 1.82) is 0 Å². The summed E-state index contributed by atoms with van der Waals surface area (Å²) in [5.74, 6) is 0.000505. The molecule has 1 amide bonds. The van der Waals surface area contributed by atoms with Crippen LogP contribution in [0.3, 0.4) is 0 Å². The molecule has 1 aliphatic carbocycles. The molecule has 8 nitrogen and oxygen atoms in total. The summed E-state index contributed by atoms with van der Waals surface area (Å²) in [6.45, 7) is -0.919. The third-order valence-electron chi connectivity index (χ3n) is 5.43. The molecule has 0 radical (unpaired) electrons. The standard InChI is InChI=1S/C19H22F3N7O/c1-28(10-19(20,21)22)13-4-2-12(3-5-13)25-17(30)16-15-14(6-7-24-15)26-18(27-16)29-9-8-23-11-29/h6-9,11-13,24H,2-5,10H2,1H3,(H,25,30)/t12-,13-. The van der Waals surface area contributed by atoms with Crippen molar-refractivity contribution in [2.45, 2.75) is 43.9 Å². The highest BCUT2D eigenvalue weighted by Crippen LogP contribution is 2.26. The molecule has 3 heterocycles. The lowest BCUT2D eigenvalue weighted by Gasteiger charge is -2.35. The molecular weight excluding hydrogens is 399 g/mol. The average molecular weight is 421 g/mol. The summed E-state index contributed by atoms with van der Waals surface area (Å²) < 4.78 is 39.5. The topological polar surface area (TPSA) is 91.7 Å².